The number of carbonyl (C=O) groups excluding carboxylic acids is 1. The lowest BCUT2D eigenvalue weighted by atomic mass is 9.89. The van der Waals surface area contributed by atoms with Gasteiger partial charge in [0.25, 0.3) is 5.91 Å². The summed E-state index contributed by atoms with van der Waals surface area (Å²) in [5.74, 6) is 1.45. The predicted molar refractivity (Wildman–Crippen MR) is 102 cm³/mol. The Balaban J connectivity index is 1.49. The number of amides is 1. The number of rotatable bonds is 7. The first-order valence-electron chi connectivity index (χ1n) is 9.83. The molecule has 0 bridgehead atoms. The molecule has 2 N–H and O–H groups in total. The topological polar surface area (TPSA) is 88.2 Å². The van der Waals surface area contributed by atoms with Gasteiger partial charge < -0.3 is 14.9 Å². The van der Waals surface area contributed by atoms with E-state index in [-0.39, 0.29) is 12.5 Å². The highest BCUT2D eigenvalue weighted by atomic mass is 16.5. The van der Waals surface area contributed by atoms with Crippen molar-refractivity contribution in [2.45, 2.75) is 76.9 Å². The Labute approximate surface area is 160 Å². The summed E-state index contributed by atoms with van der Waals surface area (Å²) in [6, 6.07) is 7.45. The maximum absolute atomic E-state index is 12.3. The molecule has 6 heteroatoms. The Morgan fingerprint density at radius 3 is 2.59 bits per heavy atom. The average molecular weight is 371 g/mol. The smallest absolute Gasteiger partial charge is 0.251 e. The van der Waals surface area contributed by atoms with Crippen molar-refractivity contribution in [3.8, 4) is 0 Å². The van der Waals surface area contributed by atoms with Crippen LogP contribution >= 0.6 is 0 Å². The van der Waals surface area contributed by atoms with Gasteiger partial charge in [-0.05, 0) is 57.2 Å². The minimum Gasteiger partial charge on any atom is -0.390 e. The lowest BCUT2D eigenvalue weighted by Gasteiger charge is -2.17. The van der Waals surface area contributed by atoms with E-state index >= 15 is 0 Å². The molecule has 0 atom stereocenters. The summed E-state index contributed by atoms with van der Waals surface area (Å²) in [7, 11) is 0. The molecular formula is C21H29N3O3. The fraction of sp³-hybridized carbons (Fsp3) is 0.571. The fourth-order valence-corrected chi connectivity index (χ4v) is 3.40. The summed E-state index contributed by atoms with van der Waals surface area (Å²) in [6.45, 7) is 3.83. The third-order valence-electron chi connectivity index (χ3n) is 5.10. The summed E-state index contributed by atoms with van der Waals surface area (Å²) in [5, 5.41) is 16.7. The minimum absolute atomic E-state index is 0.165. The second-order valence-electron chi connectivity index (χ2n) is 8.07. The van der Waals surface area contributed by atoms with Crippen LogP contribution in [-0.4, -0.2) is 26.8 Å². The second kappa shape index (κ2) is 8.65. The van der Waals surface area contributed by atoms with Crippen LogP contribution in [0.4, 0.5) is 0 Å². The summed E-state index contributed by atoms with van der Waals surface area (Å²) >= 11 is 0. The summed E-state index contributed by atoms with van der Waals surface area (Å²) in [5.41, 5.74) is 1.01. The Bertz CT molecular complexity index is 741. The van der Waals surface area contributed by atoms with Crippen molar-refractivity contribution in [1.82, 2.24) is 15.5 Å². The third-order valence-corrected chi connectivity index (χ3v) is 5.10. The van der Waals surface area contributed by atoms with Crippen LogP contribution in [0.15, 0.2) is 28.8 Å². The molecule has 1 saturated carbocycles. The number of nitrogens with one attached hydrogen (secondary N) is 1. The number of hydrogen-bond donors (Lipinski definition) is 2. The van der Waals surface area contributed by atoms with Crippen LogP contribution in [0.3, 0.4) is 0 Å². The maximum Gasteiger partial charge on any atom is 0.251 e. The van der Waals surface area contributed by atoms with E-state index in [2.05, 4.69) is 15.5 Å². The molecule has 0 radical (unpaired) electrons. The van der Waals surface area contributed by atoms with Crippen molar-refractivity contribution in [2.24, 2.45) is 0 Å². The minimum atomic E-state index is -0.684. The van der Waals surface area contributed by atoms with Crippen LogP contribution in [0.1, 0.15) is 85.9 Å². The number of aryl methyl sites for hydroxylation is 1. The standard InChI is InChI=1S/C21H29N3O3/c1-21(2,26)13-12-15-8-10-17(11-9-15)20(25)22-14-18-23-19(24-27-18)16-6-4-3-5-7-16/h8-11,16,26H,3-7,12-14H2,1-2H3,(H,22,25). The lowest BCUT2D eigenvalue weighted by Crippen LogP contribution is -2.23. The van der Waals surface area contributed by atoms with Gasteiger partial charge >= 0.3 is 0 Å². The normalized spacial score (nSPS) is 15.7. The van der Waals surface area contributed by atoms with Crippen molar-refractivity contribution < 1.29 is 14.4 Å². The van der Waals surface area contributed by atoms with Crippen LogP contribution < -0.4 is 5.32 Å². The number of carbonyl (C=O) groups is 1. The summed E-state index contributed by atoms with van der Waals surface area (Å²) in [4.78, 5) is 16.8. The first kappa shape index (κ1) is 19.5. The molecule has 146 valence electrons. The van der Waals surface area contributed by atoms with Crippen molar-refractivity contribution in [1.29, 1.82) is 0 Å². The van der Waals surface area contributed by atoms with Gasteiger partial charge in [0.05, 0.1) is 12.1 Å². The van der Waals surface area contributed by atoms with E-state index in [0.29, 0.717) is 23.8 Å². The largest absolute Gasteiger partial charge is 0.390 e. The van der Waals surface area contributed by atoms with Gasteiger partial charge in [0.2, 0.25) is 5.89 Å². The van der Waals surface area contributed by atoms with Gasteiger partial charge in [-0.25, -0.2) is 0 Å². The van der Waals surface area contributed by atoms with E-state index < -0.39 is 5.60 Å². The lowest BCUT2D eigenvalue weighted by molar-refractivity contribution is 0.0713. The van der Waals surface area contributed by atoms with E-state index in [4.69, 9.17) is 4.52 Å². The van der Waals surface area contributed by atoms with Gasteiger partial charge in [0.1, 0.15) is 0 Å². The molecule has 0 aliphatic heterocycles. The quantitative estimate of drug-likeness (QED) is 0.774. The molecule has 0 saturated heterocycles. The molecule has 6 nitrogen and oxygen atoms in total. The van der Waals surface area contributed by atoms with E-state index in [1.165, 1.54) is 19.3 Å². The molecule has 1 amide bonds. The van der Waals surface area contributed by atoms with Gasteiger partial charge in [-0.15, -0.1) is 0 Å². The number of aromatic nitrogens is 2. The molecule has 1 aromatic heterocycles. The van der Waals surface area contributed by atoms with Crippen LogP contribution in [0, 0.1) is 0 Å². The third kappa shape index (κ3) is 5.89. The Morgan fingerprint density at radius 1 is 1.22 bits per heavy atom. The van der Waals surface area contributed by atoms with E-state index in [1.54, 1.807) is 26.0 Å². The zero-order valence-electron chi connectivity index (χ0n) is 16.2. The van der Waals surface area contributed by atoms with E-state index in [9.17, 15) is 9.90 Å². The van der Waals surface area contributed by atoms with Crippen LogP contribution in [0.2, 0.25) is 0 Å². The SMILES string of the molecule is CC(C)(O)CCc1ccc(C(=O)NCc2nc(C3CCCCC3)no2)cc1. The monoisotopic (exact) mass is 371 g/mol. The van der Waals surface area contributed by atoms with E-state index in [0.717, 1.165) is 30.7 Å². The summed E-state index contributed by atoms with van der Waals surface area (Å²) < 4.78 is 5.29. The molecule has 0 spiro atoms. The first-order chi connectivity index (χ1) is 12.9. The number of hydrogen-bond acceptors (Lipinski definition) is 5. The van der Waals surface area contributed by atoms with Gasteiger partial charge in [-0.1, -0.05) is 36.6 Å². The average Bonchev–Trinajstić information content (AvgIpc) is 3.14. The zero-order chi connectivity index (χ0) is 19.3. The number of aliphatic hydroxyl groups is 1. The predicted octanol–water partition coefficient (Wildman–Crippen LogP) is 3.75. The molecule has 3 rings (SSSR count). The van der Waals surface area contributed by atoms with E-state index in [1.807, 2.05) is 12.1 Å². The summed E-state index contributed by atoms with van der Waals surface area (Å²) in [6.07, 6.45) is 7.41. The Hall–Kier alpha value is -2.21. The highest BCUT2D eigenvalue weighted by molar-refractivity contribution is 5.94. The van der Waals surface area contributed by atoms with Crippen LogP contribution in [0.5, 0.6) is 0 Å². The molecule has 27 heavy (non-hydrogen) atoms. The highest BCUT2D eigenvalue weighted by Gasteiger charge is 2.21. The molecule has 0 unspecified atom stereocenters. The Morgan fingerprint density at radius 2 is 1.93 bits per heavy atom. The molecule has 1 heterocycles. The van der Waals surface area contributed by atoms with Crippen molar-refractivity contribution >= 4 is 5.91 Å². The molecular weight excluding hydrogens is 342 g/mol. The first-order valence-corrected chi connectivity index (χ1v) is 9.83. The number of nitrogens with zero attached hydrogens (tertiary/aromatic N) is 2. The Kier molecular flexibility index (Phi) is 6.26. The van der Waals surface area contributed by atoms with Gasteiger partial charge in [-0.3, -0.25) is 4.79 Å². The molecule has 2 aromatic rings. The second-order valence-corrected chi connectivity index (χ2v) is 8.07. The van der Waals surface area contributed by atoms with Crippen molar-refractivity contribution in [3.63, 3.8) is 0 Å². The van der Waals surface area contributed by atoms with Crippen molar-refractivity contribution in [3.05, 3.63) is 47.1 Å². The molecule has 1 aliphatic rings. The molecule has 1 aromatic carbocycles. The van der Waals surface area contributed by atoms with Crippen LogP contribution in [0.25, 0.3) is 0 Å². The highest BCUT2D eigenvalue weighted by Crippen LogP contribution is 2.30. The molecule has 1 aliphatic carbocycles. The van der Waals surface area contributed by atoms with Gasteiger partial charge in [0, 0.05) is 11.5 Å². The maximum atomic E-state index is 12.3. The van der Waals surface area contributed by atoms with Gasteiger partial charge in [-0.2, -0.15) is 4.98 Å². The van der Waals surface area contributed by atoms with Crippen LogP contribution in [-0.2, 0) is 13.0 Å². The number of benzene rings is 1. The van der Waals surface area contributed by atoms with Crippen molar-refractivity contribution in [2.75, 3.05) is 0 Å². The fourth-order valence-electron chi connectivity index (χ4n) is 3.40. The van der Waals surface area contributed by atoms with Gasteiger partial charge in [0.15, 0.2) is 5.82 Å². The molecule has 1 fully saturated rings. The zero-order valence-corrected chi connectivity index (χ0v) is 16.2.